The van der Waals surface area contributed by atoms with Crippen molar-refractivity contribution in [3.8, 4) is 45.3 Å². The Morgan fingerprint density at radius 1 is 0.675 bits per heavy atom. The third-order valence-corrected chi connectivity index (χ3v) is 6.84. The molecule has 0 aliphatic heterocycles. The number of hydrogen-bond acceptors (Lipinski definition) is 8. The first-order valence-corrected chi connectivity index (χ1v) is 15.7. The van der Waals surface area contributed by atoms with Gasteiger partial charge in [0, 0.05) is 11.1 Å². The molecule has 1 N–H and O–H groups in total. The van der Waals surface area contributed by atoms with Crippen LogP contribution in [-0.4, -0.2) is 43.6 Å². The van der Waals surface area contributed by atoms with Gasteiger partial charge in [0.2, 0.25) is 10.0 Å². The molecule has 0 saturated carbocycles. The van der Waals surface area contributed by atoms with Gasteiger partial charge < -0.3 is 18.4 Å². The molecule has 0 bridgehead atoms. The highest BCUT2D eigenvalue weighted by atomic mass is 32.2. The van der Waals surface area contributed by atoms with E-state index in [9.17, 15) is 16.8 Å². The standard InChI is InChI=1S/C29H29NO8S2/c1-35-28-18-25(29(36-2)17-24(28)21-10-13-23(14-11-21)38-40(4,33)34)22-12-15-27(26(16-22)30-39(3,31)32)37-19-20-8-6-5-7-9-20/h5-18,30H,19H2,1-4H3. The summed E-state index contributed by atoms with van der Waals surface area (Å²) in [6, 6.07) is 24.8. The highest BCUT2D eigenvalue weighted by molar-refractivity contribution is 7.92. The number of benzene rings is 4. The van der Waals surface area contributed by atoms with Crippen molar-refractivity contribution in [1.29, 1.82) is 0 Å². The summed E-state index contributed by atoms with van der Waals surface area (Å²) in [5.74, 6) is 1.59. The van der Waals surface area contributed by atoms with E-state index in [0.717, 1.165) is 23.6 Å². The second-order valence-electron chi connectivity index (χ2n) is 8.92. The van der Waals surface area contributed by atoms with Gasteiger partial charge in [0.15, 0.2) is 0 Å². The Morgan fingerprint density at radius 2 is 1.25 bits per heavy atom. The van der Waals surface area contributed by atoms with Crippen LogP contribution in [0.15, 0.2) is 84.9 Å². The van der Waals surface area contributed by atoms with Crippen LogP contribution in [0.4, 0.5) is 5.69 Å². The summed E-state index contributed by atoms with van der Waals surface area (Å²) >= 11 is 0. The normalized spacial score (nSPS) is 11.5. The number of anilines is 1. The molecule has 40 heavy (non-hydrogen) atoms. The molecule has 0 atom stereocenters. The molecule has 4 aromatic rings. The minimum atomic E-state index is -3.65. The molecule has 0 radical (unpaired) electrons. The maximum Gasteiger partial charge on any atom is 0.306 e. The van der Waals surface area contributed by atoms with Crippen molar-refractivity contribution in [2.45, 2.75) is 6.61 Å². The van der Waals surface area contributed by atoms with Gasteiger partial charge in [-0.1, -0.05) is 48.5 Å². The molecular formula is C29H29NO8S2. The van der Waals surface area contributed by atoms with E-state index in [1.165, 1.54) is 14.2 Å². The monoisotopic (exact) mass is 583 g/mol. The highest BCUT2D eigenvalue weighted by Gasteiger charge is 2.18. The lowest BCUT2D eigenvalue weighted by molar-refractivity contribution is 0.308. The molecule has 11 heteroatoms. The van der Waals surface area contributed by atoms with Crippen LogP contribution in [0, 0.1) is 0 Å². The van der Waals surface area contributed by atoms with Gasteiger partial charge in [-0.05, 0) is 53.1 Å². The Balaban J connectivity index is 1.73. The number of hydrogen-bond donors (Lipinski definition) is 1. The molecule has 0 aliphatic carbocycles. The van der Waals surface area contributed by atoms with Gasteiger partial charge >= 0.3 is 10.1 Å². The van der Waals surface area contributed by atoms with Crippen LogP contribution in [-0.2, 0) is 26.7 Å². The topological polar surface area (TPSA) is 117 Å². The molecule has 0 spiro atoms. The first kappa shape index (κ1) is 28.8. The Morgan fingerprint density at radius 3 is 1.80 bits per heavy atom. The predicted octanol–water partition coefficient (Wildman–Crippen LogP) is 5.33. The molecule has 0 fully saturated rings. The lowest BCUT2D eigenvalue weighted by Crippen LogP contribution is -2.11. The zero-order valence-corrected chi connectivity index (χ0v) is 24.0. The molecule has 0 unspecified atom stereocenters. The smallest absolute Gasteiger partial charge is 0.306 e. The number of ether oxygens (including phenoxy) is 3. The van der Waals surface area contributed by atoms with Crippen LogP contribution in [0.25, 0.3) is 22.3 Å². The van der Waals surface area contributed by atoms with Crippen molar-refractivity contribution >= 4 is 25.8 Å². The molecule has 0 amide bonds. The van der Waals surface area contributed by atoms with Gasteiger partial charge in [0.05, 0.1) is 32.4 Å². The van der Waals surface area contributed by atoms with E-state index in [2.05, 4.69) is 4.72 Å². The van der Waals surface area contributed by atoms with E-state index in [4.69, 9.17) is 18.4 Å². The number of sulfonamides is 1. The van der Waals surface area contributed by atoms with Crippen molar-refractivity contribution in [1.82, 2.24) is 0 Å². The Labute approximate surface area is 234 Å². The molecular weight excluding hydrogens is 554 g/mol. The first-order valence-electron chi connectivity index (χ1n) is 12.0. The van der Waals surface area contributed by atoms with E-state index >= 15 is 0 Å². The zero-order valence-electron chi connectivity index (χ0n) is 22.4. The van der Waals surface area contributed by atoms with Gasteiger partial charge in [0.25, 0.3) is 0 Å². The van der Waals surface area contributed by atoms with Crippen LogP contribution in [0.5, 0.6) is 23.0 Å². The van der Waals surface area contributed by atoms with Crippen LogP contribution >= 0.6 is 0 Å². The molecule has 4 rings (SSSR count). The first-order chi connectivity index (χ1) is 19.0. The maximum absolute atomic E-state index is 12.1. The van der Waals surface area contributed by atoms with E-state index in [1.807, 2.05) is 36.4 Å². The maximum atomic E-state index is 12.1. The Bertz CT molecular complexity index is 1700. The van der Waals surface area contributed by atoms with E-state index in [-0.39, 0.29) is 18.0 Å². The number of nitrogens with one attached hydrogen (secondary N) is 1. The van der Waals surface area contributed by atoms with Crippen molar-refractivity contribution in [3.05, 3.63) is 90.5 Å². The van der Waals surface area contributed by atoms with Crippen molar-refractivity contribution in [3.63, 3.8) is 0 Å². The molecule has 9 nitrogen and oxygen atoms in total. The van der Waals surface area contributed by atoms with Crippen LogP contribution in [0.1, 0.15) is 5.56 Å². The van der Waals surface area contributed by atoms with E-state index < -0.39 is 20.1 Å². The molecule has 210 valence electrons. The average molecular weight is 584 g/mol. The molecule has 0 saturated heterocycles. The van der Waals surface area contributed by atoms with Gasteiger partial charge in [-0.15, -0.1) is 0 Å². The number of methoxy groups -OCH3 is 2. The molecule has 0 heterocycles. The third-order valence-electron chi connectivity index (χ3n) is 5.76. The van der Waals surface area contributed by atoms with Crippen molar-refractivity contribution in [2.75, 3.05) is 31.5 Å². The average Bonchev–Trinajstić information content (AvgIpc) is 2.91. The van der Waals surface area contributed by atoms with E-state index in [1.54, 1.807) is 48.5 Å². The Kier molecular flexibility index (Phi) is 8.55. The fraction of sp³-hybridized carbons (Fsp3) is 0.172. The summed E-state index contributed by atoms with van der Waals surface area (Å²) in [7, 11) is -4.18. The van der Waals surface area contributed by atoms with Crippen molar-refractivity contribution < 1.29 is 35.2 Å². The zero-order chi connectivity index (χ0) is 28.9. The fourth-order valence-corrected chi connectivity index (χ4v) is 5.07. The second kappa shape index (κ2) is 11.9. The highest BCUT2D eigenvalue weighted by Crippen LogP contribution is 2.43. The van der Waals surface area contributed by atoms with Gasteiger partial charge in [-0.3, -0.25) is 4.72 Å². The minimum Gasteiger partial charge on any atom is -0.496 e. The van der Waals surface area contributed by atoms with Gasteiger partial charge in [-0.25, -0.2) is 8.42 Å². The summed E-state index contributed by atoms with van der Waals surface area (Å²) in [5.41, 5.74) is 3.98. The van der Waals surface area contributed by atoms with Crippen LogP contribution < -0.4 is 23.1 Å². The fourth-order valence-electron chi connectivity index (χ4n) is 4.05. The van der Waals surface area contributed by atoms with Crippen molar-refractivity contribution in [2.24, 2.45) is 0 Å². The summed E-state index contributed by atoms with van der Waals surface area (Å²) in [6.07, 6.45) is 2.05. The number of rotatable bonds is 11. The Hall–Kier alpha value is -4.22. The largest absolute Gasteiger partial charge is 0.496 e. The van der Waals surface area contributed by atoms with Crippen LogP contribution in [0.3, 0.4) is 0 Å². The summed E-state index contributed by atoms with van der Waals surface area (Å²) in [6.45, 7) is 0.262. The van der Waals surface area contributed by atoms with Crippen LogP contribution in [0.2, 0.25) is 0 Å². The summed E-state index contributed by atoms with van der Waals surface area (Å²) in [4.78, 5) is 0. The minimum absolute atomic E-state index is 0.189. The summed E-state index contributed by atoms with van der Waals surface area (Å²) < 4.78 is 71.9. The van der Waals surface area contributed by atoms with Gasteiger partial charge in [0.1, 0.15) is 29.6 Å². The molecule has 0 aromatic heterocycles. The van der Waals surface area contributed by atoms with Gasteiger partial charge in [-0.2, -0.15) is 8.42 Å². The SMILES string of the molecule is COc1cc(-c2ccc(OCc3ccccc3)c(NS(C)(=O)=O)c2)c(OC)cc1-c1ccc(OS(C)(=O)=O)cc1. The third kappa shape index (κ3) is 7.45. The second-order valence-corrected chi connectivity index (χ2v) is 12.2. The lowest BCUT2D eigenvalue weighted by atomic mass is 9.97. The summed E-state index contributed by atoms with van der Waals surface area (Å²) in [5, 5.41) is 0. The predicted molar refractivity (Wildman–Crippen MR) is 155 cm³/mol. The van der Waals surface area contributed by atoms with E-state index in [0.29, 0.717) is 33.9 Å². The lowest BCUT2D eigenvalue weighted by Gasteiger charge is -2.18. The quantitative estimate of drug-likeness (QED) is 0.236. The molecule has 4 aromatic carbocycles. The molecule has 0 aliphatic rings.